The highest BCUT2D eigenvalue weighted by Gasteiger charge is 2.40. The van der Waals surface area contributed by atoms with E-state index in [-0.39, 0.29) is 18.2 Å². The topological polar surface area (TPSA) is 97.3 Å². The monoisotopic (exact) mass is 427 g/mol. The Bertz CT molecular complexity index is 990. The minimum atomic E-state index is -0.612. The Morgan fingerprint density at radius 2 is 1.83 bits per heavy atom. The molecule has 2 amide bonds. The van der Waals surface area contributed by atoms with Crippen molar-refractivity contribution >= 4 is 46.1 Å². The van der Waals surface area contributed by atoms with Crippen LogP contribution in [0.1, 0.15) is 16.8 Å². The second-order valence-corrected chi connectivity index (χ2v) is 7.46. The molecule has 2 aromatic carbocycles. The van der Waals surface area contributed by atoms with Gasteiger partial charge in [-0.05, 0) is 36.4 Å². The van der Waals surface area contributed by atoms with Gasteiger partial charge < -0.3 is 14.8 Å². The smallest absolute Gasteiger partial charge is 0.337 e. The van der Waals surface area contributed by atoms with Crippen LogP contribution in [-0.2, 0) is 14.3 Å². The Morgan fingerprint density at radius 1 is 1.13 bits per heavy atom. The molecule has 0 saturated carbocycles. The van der Waals surface area contributed by atoms with E-state index in [0.717, 1.165) is 4.90 Å². The minimum absolute atomic E-state index is 0.0505. The SMILES string of the molecule is CN=C(Nc1ccccc1OC)S[C@H]1CC(=O)N(c2ccc(C(=O)OC)cc2)C1=O. The lowest BCUT2D eigenvalue weighted by Crippen LogP contribution is -2.31. The molecule has 0 bridgehead atoms. The van der Waals surface area contributed by atoms with Gasteiger partial charge in [-0.3, -0.25) is 14.6 Å². The third-order valence-electron chi connectivity index (χ3n) is 4.46. The van der Waals surface area contributed by atoms with Gasteiger partial charge in [-0.25, -0.2) is 9.69 Å². The third kappa shape index (κ3) is 4.46. The molecule has 3 rings (SSSR count). The van der Waals surface area contributed by atoms with Crippen molar-refractivity contribution in [1.82, 2.24) is 0 Å². The maximum atomic E-state index is 12.9. The molecule has 0 aromatic heterocycles. The van der Waals surface area contributed by atoms with Crippen LogP contribution < -0.4 is 15.0 Å². The normalized spacial score (nSPS) is 16.6. The number of esters is 1. The van der Waals surface area contributed by atoms with E-state index in [4.69, 9.17) is 4.74 Å². The maximum absolute atomic E-state index is 12.9. The molecule has 156 valence electrons. The summed E-state index contributed by atoms with van der Waals surface area (Å²) in [6.45, 7) is 0. The van der Waals surface area contributed by atoms with Crippen LogP contribution in [0, 0.1) is 0 Å². The molecule has 30 heavy (non-hydrogen) atoms. The van der Waals surface area contributed by atoms with E-state index >= 15 is 0 Å². The fourth-order valence-electron chi connectivity index (χ4n) is 2.97. The standard InChI is InChI=1S/C21H21N3O5S/c1-22-21(23-15-6-4-5-7-16(15)28-2)30-17-12-18(25)24(19(17)26)14-10-8-13(9-11-14)20(27)29-3/h4-11,17H,12H2,1-3H3,(H,22,23)/t17-/m0/s1. The van der Waals surface area contributed by atoms with Crippen LogP contribution in [0.15, 0.2) is 53.5 Å². The van der Waals surface area contributed by atoms with Crippen molar-refractivity contribution in [2.45, 2.75) is 11.7 Å². The van der Waals surface area contributed by atoms with E-state index in [1.54, 1.807) is 26.3 Å². The second-order valence-electron chi connectivity index (χ2n) is 6.27. The minimum Gasteiger partial charge on any atom is -0.495 e. The summed E-state index contributed by atoms with van der Waals surface area (Å²) in [5, 5.41) is 3.03. The molecule has 1 saturated heterocycles. The summed E-state index contributed by atoms with van der Waals surface area (Å²) in [4.78, 5) is 42.3. The molecular formula is C21H21N3O5S. The van der Waals surface area contributed by atoms with Crippen molar-refractivity contribution < 1.29 is 23.9 Å². The fourth-order valence-corrected chi connectivity index (χ4v) is 3.94. The second kappa shape index (κ2) is 9.45. The number of hydrogen-bond donors (Lipinski definition) is 1. The van der Waals surface area contributed by atoms with Crippen LogP contribution >= 0.6 is 11.8 Å². The van der Waals surface area contributed by atoms with Gasteiger partial charge in [0.05, 0.1) is 31.2 Å². The molecule has 2 aromatic rings. The Hall–Kier alpha value is -3.33. The van der Waals surface area contributed by atoms with E-state index in [0.29, 0.717) is 27.9 Å². The lowest BCUT2D eigenvalue weighted by Gasteiger charge is -2.16. The number of benzene rings is 2. The highest BCUT2D eigenvalue weighted by molar-refractivity contribution is 8.15. The number of aliphatic imine (C=N–C) groups is 1. The number of anilines is 2. The number of rotatable bonds is 5. The highest BCUT2D eigenvalue weighted by atomic mass is 32.2. The molecule has 8 nitrogen and oxygen atoms in total. The Labute approximate surface area is 178 Å². The summed E-state index contributed by atoms with van der Waals surface area (Å²) in [6.07, 6.45) is 0.0505. The number of carbonyl (C=O) groups is 3. The van der Waals surface area contributed by atoms with Crippen molar-refractivity contribution in [3.63, 3.8) is 0 Å². The van der Waals surface area contributed by atoms with Crippen LogP contribution in [0.2, 0.25) is 0 Å². The first-order valence-electron chi connectivity index (χ1n) is 9.07. The van der Waals surface area contributed by atoms with Crippen LogP contribution in [0.25, 0.3) is 0 Å². The number of hydrogen-bond acceptors (Lipinski definition) is 7. The number of nitrogens with one attached hydrogen (secondary N) is 1. The number of amidine groups is 1. The zero-order valence-corrected chi connectivity index (χ0v) is 17.6. The Kier molecular flexibility index (Phi) is 6.73. The first-order chi connectivity index (χ1) is 14.5. The van der Waals surface area contributed by atoms with Gasteiger partial charge in [0.25, 0.3) is 0 Å². The third-order valence-corrected chi connectivity index (χ3v) is 5.62. The summed E-state index contributed by atoms with van der Waals surface area (Å²) >= 11 is 1.19. The van der Waals surface area contributed by atoms with Crippen molar-refractivity contribution in [1.29, 1.82) is 0 Å². The van der Waals surface area contributed by atoms with E-state index in [1.165, 1.54) is 31.0 Å². The molecule has 0 radical (unpaired) electrons. The average Bonchev–Trinajstić information content (AvgIpc) is 3.05. The van der Waals surface area contributed by atoms with E-state index < -0.39 is 11.2 Å². The van der Waals surface area contributed by atoms with Gasteiger partial charge in [-0.15, -0.1) is 0 Å². The molecule has 1 heterocycles. The first-order valence-corrected chi connectivity index (χ1v) is 9.95. The number of thioether (sulfide) groups is 1. The van der Waals surface area contributed by atoms with E-state index in [9.17, 15) is 14.4 Å². The van der Waals surface area contributed by atoms with Gasteiger partial charge in [0.15, 0.2) is 5.17 Å². The maximum Gasteiger partial charge on any atom is 0.337 e. The summed E-state index contributed by atoms with van der Waals surface area (Å²) < 4.78 is 9.98. The van der Waals surface area contributed by atoms with Gasteiger partial charge in [0.1, 0.15) is 11.0 Å². The number of para-hydroxylation sites is 2. The Balaban J connectivity index is 1.73. The van der Waals surface area contributed by atoms with Gasteiger partial charge >= 0.3 is 5.97 Å². The average molecular weight is 427 g/mol. The quantitative estimate of drug-likeness (QED) is 0.339. The molecule has 1 aliphatic heterocycles. The molecule has 1 fully saturated rings. The summed E-state index contributed by atoms with van der Waals surface area (Å²) in [7, 11) is 4.46. The number of amides is 2. The predicted octanol–water partition coefficient (Wildman–Crippen LogP) is 2.94. The zero-order chi connectivity index (χ0) is 21.7. The number of carbonyl (C=O) groups excluding carboxylic acids is 3. The lowest BCUT2D eigenvalue weighted by molar-refractivity contribution is -0.121. The van der Waals surface area contributed by atoms with Crippen molar-refractivity contribution in [3.05, 3.63) is 54.1 Å². The fraction of sp³-hybridized carbons (Fsp3) is 0.238. The van der Waals surface area contributed by atoms with E-state index in [1.807, 2.05) is 24.3 Å². The van der Waals surface area contributed by atoms with Gasteiger partial charge in [-0.1, -0.05) is 23.9 Å². The highest BCUT2D eigenvalue weighted by Crippen LogP contribution is 2.32. The predicted molar refractivity (Wildman–Crippen MR) is 116 cm³/mol. The van der Waals surface area contributed by atoms with Crippen LogP contribution in [0.4, 0.5) is 11.4 Å². The largest absolute Gasteiger partial charge is 0.495 e. The molecule has 9 heteroatoms. The van der Waals surface area contributed by atoms with Crippen LogP contribution in [-0.4, -0.2) is 49.5 Å². The molecule has 0 spiro atoms. The summed E-state index contributed by atoms with van der Waals surface area (Å²) in [6, 6.07) is 13.5. The van der Waals surface area contributed by atoms with Crippen molar-refractivity contribution in [2.75, 3.05) is 31.5 Å². The van der Waals surface area contributed by atoms with Crippen molar-refractivity contribution in [2.24, 2.45) is 4.99 Å². The number of imide groups is 1. The molecular weight excluding hydrogens is 406 g/mol. The Morgan fingerprint density at radius 3 is 2.47 bits per heavy atom. The summed E-state index contributed by atoms with van der Waals surface area (Å²) in [5.41, 5.74) is 1.46. The molecule has 1 aliphatic rings. The lowest BCUT2D eigenvalue weighted by atomic mass is 10.2. The molecule has 1 atom stereocenters. The van der Waals surface area contributed by atoms with Crippen molar-refractivity contribution in [3.8, 4) is 5.75 Å². The first kappa shape index (κ1) is 21.4. The van der Waals surface area contributed by atoms with Crippen LogP contribution in [0.5, 0.6) is 5.75 Å². The zero-order valence-electron chi connectivity index (χ0n) is 16.7. The van der Waals surface area contributed by atoms with Crippen LogP contribution in [0.3, 0.4) is 0 Å². The molecule has 0 aliphatic carbocycles. The number of methoxy groups -OCH3 is 2. The van der Waals surface area contributed by atoms with Gasteiger partial charge in [-0.2, -0.15) is 0 Å². The number of nitrogens with zero attached hydrogens (tertiary/aromatic N) is 2. The molecule has 0 unspecified atom stereocenters. The molecule has 1 N–H and O–H groups in total. The number of ether oxygens (including phenoxy) is 2. The van der Waals surface area contributed by atoms with E-state index in [2.05, 4.69) is 15.0 Å². The van der Waals surface area contributed by atoms with Gasteiger partial charge in [0.2, 0.25) is 11.8 Å². The van der Waals surface area contributed by atoms with Gasteiger partial charge in [0, 0.05) is 13.5 Å². The summed E-state index contributed by atoms with van der Waals surface area (Å²) in [5.74, 6) is -0.490.